The standard InChI is InChI=1S/C34H24BrClN2O4/c1-42-27-15-12-21(18-25(27)35)31(40)29-28(30(39)20-10-13-22(36)14-11-20)34(24-8-4-5-9-26(24)37-33(34)41)32-23-7-3-2-6-19(23)16-17-38(29)32/h2-18,28-29,32H,1H3,(H,37,41)/t28-,29+,32+,34-/m1/s1. The lowest BCUT2D eigenvalue weighted by atomic mass is 9.62. The second-order valence-electron chi connectivity index (χ2n) is 10.7. The van der Waals surface area contributed by atoms with Crippen molar-refractivity contribution in [2.75, 3.05) is 12.4 Å². The smallest absolute Gasteiger partial charge is 0.238 e. The van der Waals surface area contributed by atoms with Gasteiger partial charge >= 0.3 is 0 Å². The molecule has 4 aromatic carbocycles. The normalized spacial score (nSPS) is 23.3. The molecule has 3 aliphatic heterocycles. The summed E-state index contributed by atoms with van der Waals surface area (Å²) in [7, 11) is 1.56. The Hall–Kier alpha value is -4.20. The van der Waals surface area contributed by atoms with E-state index in [1.54, 1.807) is 49.6 Å². The molecule has 4 aromatic rings. The average Bonchev–Trinajstić information content (AvgIpc) is 3.49. The summed E-state index contributed by atoms with van der Waals surface area (Å²) in [6.07, 6.45) is 3.80. The number of methoxy groups -OCH3 is 1. The van der Waals surface area contributed by atoms with E-state index in [0.717, 1.165) is 11.1 Å². The van der Waals surface area contributed by atoms with Crippen LogP contribution in [0.1, 0.15) is 43.4 Å². The SMILES string of the molecule is COc1ccc(C(=O)[C@@H]2[C@H](C(=O)c3ccc(Cl)cc3)[C@@]3(C(=O)Nc4ccccc43)[C@@H]3c4ccccc4C=CN23)cc1Br. The van der Waals surface area contributed by atoms with Gasteiger partial charge in [0, 0.05) is 28.0 Å². The minimum absolute atomic E-state index is 0.270. The molecular formula is C34H24BrClN2O4. The second-order valence-corrected chi connectivity index (χ2v) is 12.0. The molecule has 1 N–H and O–H groups in total. The van der Waals surface area contributed by atoms with Crippen molar-refractivity contribution in [3.63, 3.8) is 0 Å². The fourth-order valence-electron chi connectivity index (χ4n) is 6.95. The van der Waals surface area contributed by atoms with Crippen molar-refractivity contribution in [3.8, 4) is 5.75 Å². The highest BCUT2D eigenvalue weighted by atomic mass is 79.9. The van der Waals surface area contributed by atoms with Crippen molar-refractivity contribution in [1.82, 2.24) is 4.90 Å². The fourth-order valence-corrected chi connectivity index (χ4v) is 7.62. The number of fused-ring (bicyclic) bond motifs is 6. The Morgan fingerprint density at radius 1 is 0.929 bits per heavy atom. The summed E-state index contributed by atoms with van der Waals surface area (Å²) in [5.74, 6) is -1.35. The number of anilines is 1. The van der Waals surface area contributed by atoms with Crippen LogP contribution in [0, 0.1) is 5.92 Å². The van der Waals surface area contributed by atoms with Crippen LogP contribution in [-0.2, 0) is 10.2 Å². The highest BCUT2D eigenvalue weighted by Crippen LogP contribution is 2.62. The molecule has 208 valence electrons. The first-order valence-electron chi connectivity index (χ1n) is 13.5. The topological polar surface area (TPSA) is 75.7 Å². The van der Waals surface area contributed by atoms with Gasteiger partial charge in [-0.2, -0.15) is 0 Å². The van der Waals surface area contributed by atoms with E-state index in [1.807, 2.05) is 65.7 Å². The summed E-state index contributed by atoms with van der Waals surface area (Å²) in [5.41, 5.74) is 2.55. The third kappa shape index (κ3) is 3.73. The van der Waals surface area contributed by atoms with Gasteiger partial charge < -0.3 is 15.0 Å². The number of para-hydroxylation sites is 1. The first-order chi connectivity index (χ1) is 20.4. The molecule has 0 saturated carbocycles. The Morgan fingerprint density at radius 3 is 2.40 bits per heavy atom. The Balaban J connectivity index is 1.52. The zero-order valence-electron chi connectivity index (χ0n) is 22.4. The lowest BCUT2D eigenvalue weighted by Gasteiger charge is -2.38. The number of nitrogens with zero attached hydrogens (tertiary/aromatic N) is 1. The molecule has 3 aliphatic rings. The number of ether oxygens (including phenoxy) is 1. The average molecular weight is 640 g/mol. The highest BCUT2D eigenvalue weighted by molar-refractivity contribution is 9.10. The van der Waals surface area contributed by atoms with E-state index in [1.165, 1.54) is 0 Å². The van der Waals surface area contributed by atoms with Crippen molar-refractivity contribution in [2.45, 2.75) is 17.5 Å². The molecule has 7 rings (SSSR count). The van der Waals surface area contributed by atoms with Crippen LogP contribution in [0.25, 0.3) is 6.08 Å². The molecule has 8 heteroatoms. The first kappa shape index (κ1) is 26.7. The highest BCUT2D eigenvalue weighted by Gasteiger charge is 2.70. The Kier molecular flexibility index (Phi) is 6.33. The molecule has 0 radical (unpaired) electrons. The van der Waals surface area contributed by atoms with Crippen LogP contribution in [0.5, 0.6) is 5.75 Å². The van der Waals surface area contributed by atoms with Crippen molar-refractivity contribution in [3.05, 3.63) is 135 Å². The van der Waals surface area contributed by atoms with Crippen molar-refractivity contribution >= 4 is 56.8 Å². The lowest BCUT2D eigenvalue weighted by molar-refractivity contribution is -0.122. The summed E-state index contributed by atoms with van der Waals surface area (Å²) in [6.45, 7) is 0. The molecule has 0 aromatic heterocycles. The number of Topliss-reactive ketones (excluding diaryl/α,β-unsaturated/α-hetero) is 2. The van der Waals surface area contributed by atoms with Gasteiger partial charge in [0.25, 0.3) is 0 Å². The molecule has 1 spiro atoms. The van der Waals surface area contributed by atoms with E-state index in [-0.39, 0.29) is 17.5 Å². The van der Waals surface area contributed by atoms with Gasteiger partial charge in [0.2, 0.25) is 5.91 Å². The predicted octanol–water partition coefficient (Wildman–Crippen LogP) is 7.09. The van der Waals surface area contributed by atoms with Gasteiger partial charge in [-0.1, -0.05) is 54.1 Å². The number of amides is 1. The predicted molar refractivity (Wildman–Crippen MR) is 165 cm³/mol. The number of carbonyl (C=O) groups is 3. The van der Waals surface area contributed by atoms with Gasteiger partial charge in [-0.05, 0) is 87.2 Å². The van der Waals surface area contributed by atoms with Gasteiger partial charge in [-0.25, -0.2) is 0 Å². The van der Waals surface area contributed by atoms with Crippen LogP contribution < -0.4 is 10.1 Å². The van der Waals surface area contributed by atoms with Crippen LogP contribution in [0.15, 0.2) is 102 Å². The maximum Gasteiger partial charge on any atom is 0.238 e. The van der Waals surface area contributed by atoms with E-state index in [2.05, 4.69) is 21.2 Å². The number of hydrogen-bond donors (Lipinski definition) is 1. The molecule has 0 bridgehead atoms. The molecule has 4 atom stereocenters. The summed E-state index contributed by atoms with van der Waals surface area (Å²) < 4.78 is 6.00. The molecule has 42 heavy (non-hydrogen) atoms. The monoisotopic (exact) mass is 638 g/mol. The molecule has 6 nitrogen and oxygen atoms in total. The first-order valence-corrected chi connectivity index (χ1v) is 14.7. The van der Waals surface area contributed by atoms with Gasteiger partial charge in [0.05, 0.1) is 23.5 Å². The summed E-state index contributed by atoms with van der Waals surface area (Å²) in [5, 5.41) is 3.55. The number of rotatable bonds is 5. The number of carbonyl (C=O) groups excluding carboxylic acids is 3. The summed E-state index contributed by atoms with van der Waals surface area (Å²) in [6, 6.07) is 25.4. The molecule has 0 aliphatic carbocycles. The van der Waals surface area contributed by atoms with Crippen LogP contribution >= 0.6 is 27.5 Å². The maximum atomic E-state index is 14.8. The molecular weight excluding hydrogens is 616 g/mol. The van der Waals surface area contributed by atoms with Crippen molar-refractivity contribution in [1.29, 1.82) is 0 Å². The molecule has 1 saturated heterocycles. The van der Waals surface area contributed by atoms with Gasteiger partial charge in [0.1, 0.15) is 17.2 Å². The van der Waals surface area contributed by atoms with E-state index < -0.39 is 23.4 Å². The quantitative estimate of drug-likeness (QED) is 0.236. The van der Waals surface area contributed by atoms with Crippen LogP contribution in [0.2, 0.25) is 5.02 Å². The van der Waals surface area contributed by atoms with Gasteiger partial charge in [-0.15, -0.1) is 0 Å². The number of halogens is 2. The maximum absolute atomic E-state index is 14.8. The largest absolute Gasteiger partial charge is 0.496 e. The number of nitrogens with one attached hydrogen (secondary N) is 1. The Morgan fingerprint density at radius 2 is 1.64 bits per heavy atom. The van der Waals surface area contributed by atoms with Crippen LogP contribution in [0.3, 0.4) is 0 Å². The Labute approximate surface area is 256 Å². The third-order valence-electron chi connectivity index (χ3n) is 8.69. The molecule has 1 fully saturated rings. The second kappa shape index (κ2) is 9.96. The molecule has 1 amide bonds. The van der Waals surface area contributed by atoms with Crippen LogP contribution in [-0.4, -0.2) is 35.5 Å². The number of benzene rings is 4. The molecule has 3 heterocycles. The van der Waals surface area contributed by atoms with E-state index in [9.17, 15) is 14.4 Å². The number of ketones is 2. The minimum atomic E-state index is -1.39. The van der Waals surface area contributed by atoms with Gasteiger partial charge in [0.15, 0.2) is 11.6 Å². The van der Waals surface area contributed by atoms with E-state index in [0.29, 0.717) is 37.6 Å². The fraction of sp³-hybridized carbons (Fsp3) is 0.147. The van der Waals surface area contributed by atoms with E-state index >= 15 is 0 Å². The summed E-state index contributed by atoms with van der Waals surface area (Å²) >= 11 is 9.68. The molecule has 0 unspecified atom stereocenters. The minimum Gasteiger partial charge on any atom is -0.496 e. The zero-order valence-corrected chi connectivity index (χ0v) is 24.7. The van der Waals surface area contributed by atoms with Crippen molar-refractivity contribution in [2.24, 2.45) is 5.92 Å². The summed E-state index contributed by atoms with van der Waals surface area (Å²) in [4.78, 5) is 45.9. The van der Waals surface area contributed by atoms with Crippen LogP contribution in [0.4, 0.5) is 5.69 Å². The van der Waals surface area contributed by atoms with Gasteiger partial charge in [-0.3, -0.25) is 14.4 Å². The van der Waals surface area contributed by atoms with E-state index in [4.69, 9.17) is 16.3 Å². The van der Waals surface area contributed by atoms with Crippen molar-refractivity contribution < 1.29 is 19.1 Å². The lowest BCUT2D eigenvalue weighted by Crippen LogP contribution is -2.49. The number of hydrogen-bond acceptors (Lipinski definition) is 5. The zero-order chi connectivity index (χ0) is 29.2. The third-order valence-corrected chi connectivity index (χ3v) is 9.56. The Bertz CT molecular complexity index is 1820.